The van der Waals surface area contributed by atoms with E-state index in [1.165, 1.54) is 9.75 Å². The van der Waals surface area contributed by atoms with Gasteiger partial charge in [-0.3, -0.25) is 4.79 Å². The first-order chi connectivity index (χ1) is 12.6. The van der Waals surface area contributed by atoms with Crippen molar-refractivity contribution < 1.29 is 4.79 Å². The SMILES string of the molecule is CCCC(=O)Nc1ccc(Cl)c2c1C1C=CCC1C(c1ccc(C)s1)N2. The van der Waals surface area contributed by atoms with Crippen LogP contribution in [0.5, 0.6) is 0 Å². The van der Waals surface area contributed by atoms with Gasteiger partial charge in [0.25, 0.3) is 0 Å². The van der Waals surface area contributed by atoms with E-state index in [4.69, 9.17) is 11.6 Å². The van der Waals surface area contributed by atoms with Crippen LogP contribution >= 0.6 is 22.9 Å². The van der Waals surface area contributed by atoms with E-state index in [0.717, 1.165) is 29.8 Å². The van der Waals surface area contributed by atoms with Crippen molar-refractivity contribution in [2.45, 2.75) is 45.1 Å². The smallest absolute Gasteiger partial charge is 0.224 e. The number of aryl methyl sites for hydroxylation is 1. The summed E-state index contributed by atoms with van der Waals surface area (Å²) in [5.41, 5.74) is 2.98. The second-order valence-electron chi connectivity index (χ2n) is 7.11. The number of hydrogen-bond acceptors (Lipinski definition) is 3. The summed E-state index contributed by atoms with van der Waals surface area (Å²) in [7, 11) is 0. The standard InChI is InChI=1S/C21H23ClN2OS/c1-3-5-18(25)23-16-10-9-15(22)21-19(16)13-6-4-7-14(13)20(24-21)17-11-8-12(2)26-17/h4,6,8-11,13-14,20,24H,3,5,7H2,1-2H3,(H,23,25). The van der Waals surface area contributed by atoms with Crippen LogP contribution in [0.3, 0.4) is 0 Å². The number of allylic oxidation sites excluding steroid dienone is 2. The average Bonchev–Trinajstić information content (AvgIpc) is 3.26. The van der Waals surface area contributed by atoms with Crippen LogP contribution in [0.1, 0.15) is 53.5 Å². The Labute approximate surface area is 163 Å². The van der Waals surface area contributed by atoms with E-state index in [2.05, 4.69) is 41.8 Å². The van der Waals surface area contributed by atoms with Crippen LogP contribution in [0, 0.1) is 12.8 Å². The van der Waals surface area contributed by atoms with Gasteiger partial charge >= 0.3 is 0 Å². The van der Waals surface area contributed by atoms with Gasteiger partial charge < -0.3 is 10.6 Å². The molecule has 0 fully saturated rings. The lowest BCUT2D eigenvalue weighted by molar-refractivity contribution is -0.116. The van der Waals surface area contributed by atoms with Crippen molar-refractivity contribution >= 4 is 40.2 Å². The van der Waals surface area contributed by atoms with Gasteiger partial charge in [-0.2, -0.15) is 0 Å². The molecule has 0 saturated carbocycles. The lowest BCUT2D eigenvalue weighted by atomic mass is 9.78. The Bertz CT molecular complexity index is 873. The summed E-state index contributed by atoms with van der Waals surface area (Å²) in [6, 6.07) is 8.47. The molecule has 3 unspecified atom stereocenters. The van der Waals surface area contributed by atoms with Gasteiger partial charge in [0.2, 0.25) is 5.91 Å². The zero-order valence-electron chi connectivity index (χ0n) is 15.0. The lowest BCUT2D eigenvalue weighted by Gasteiger charge is -2.38. The van der Waals surface area contributed by atoms with E-state index in [1.54, 1.807) is 0 Å². The molecular weight excluding hydrogens is 364 g/mol. The van der Waals surface area contributed by atoms with Crippen LogP contribution in [-0.2, 0) is 4.79 Å². The van der Waals surface area contributed by atoms with Crippen LogP contribution < -0.4 is 10.6 Å². The summed E-state index contributed by atoms with van der Waals surface area (Å²) >= 11 is 8.41. The first-order valence-electron chi connectivity index (χ1n) is 9.20. The Morgan fingerprint density at radius 3 is 2.92 bits per heavy atom. The van der Waals surface area contributed by atoms with E-state index in [-0.39, 0.29) is 17.9 Å². The highest BCUT2D eigenvalue weighted by molar-refractivity contribution is 7.12. The highest BCUT2D eigenvalue weighted by Crippen LogP contribution is 2.54. The van der Waals surface area contributed by atoms with E-state index in [0.29, 0.717) is 17.4 Å². The molecule has 26 heavy (non-hydrogen) atoms. The number of amides is 1. The Morgan fingerprint density at radius 1 is 1.35 bits per heavy atom. The van der Waals surface area contributed by atoms with Gasteiger partial charge in [0, 0.05) is 33.3 Å². The topological polar surface area (TPSA) is 41.1 Å². The Kier molecular flexibility index (Phi) is 4.80. The lowest BCUT2D eigenvalue weighted by Crippen LogP contribution is -2.29. The fraction of sp³-hybridized carbons (Fsp3) is 0.381. The van der Waals surface area contributed by atoms with Crippen molar-refractivity contribution in [3.8, 4) is 0 Å². The summed E-state index contributed by atoms with van der Waals surface area (Å²) in [4.78, 5) is 14.9. The van der Waals surface area contributed by atoms with Crippen LogP contribution in [0.4, 0.5) is 11.4 Å². The monoisotopic (exact) mass is 386 g/mol. The number of nitrogens with one attached hydrogen (secondary N) is 2. The maximum Gasteiger partial charge on any atom is 0.224 e. The zero-order chi connectivity index (χ0) is 18.3. The van der Waals surface area contributed by atoms with Crippen LogP contribution in [-0.4, -0.2) is 5.91 Å². The number of fused-ring (bicyclic) bond motifs is 3. The highest BCUT2D eigenvalue weighted by Gasteiger charge is 2.40. The van der Waals surface area contributed by atoms with E-state index >= 15 is 0 Å². The molecule has 0 saturated heterocycles. The summed E-state index contributed by atoms with van der Waals surface area (Å²) in [6.07, 6.45) is 6.95. The summed E-state index contributed by atoms with van der Waals surface area (Å²) in [5, 5.41) is 7.51. The van der Waals surface area contributed by atoms with Crippen LogP contribution in [0.15, 0.2) is 36.4 Å². The van der Waals surface area contributed by atoms with Gasteiger partial charge in [0.1, 0.15) is 0 Å². The molecule has 1 amide bonds. The quantitative estimate of drug-likeness (QED) is 0.607. The number of anilines is 2. The molecule has 3 nitrogen and oxygen atoms in total. The van der Waals surface area contributed by atoms with Crippen molar-refractivity contribution in [2.75, 3.05) is 10.6 Å². The van der Waals surface area contributed by atoms with Crippen LogP contribution in [0.25, 0.3) is 0 Å². The number of carbonyl (C=O) groups excluding carboxylic acids is 1. The second kappa shape index (κ2) is 7.09. The van der Waals surface area contributed by atoms with Crippen molar-refractivity contribution in [1.29, 1.82) is 0 Å². The number of thiophene rings is 1. The fourth-order valence-electron chi connectivity index (χ4n) is 4.13. The van der Waals surface area contributed by atoms with Crippen molar-refractivity contribution in [2.24, 2.45) is 5.92 Å². The minimum absolute atomic E-state index is 0.0616. The maximum atomic E-state index is 12.2. The van der Waals surface area contributed by atoms with Gasteiger partial charge in [-0.05, 0) is 49.9 Å². The van der Waals surface area contributed by atoms with Gasteiger partial charge in [-0.1, -0.05) is 30.7 Å². The predicted molar refractivity (Wildman–Crippen MR) is 110 cm³/mol. The van der Waals surface area contributed by atoms with Gasteiger partial charge in [-0.25, -0.2) is 0 Å². The maximum absolute atomic E-state index is 12.2. The number of rotatable bonds is 4. The largest absolute Gasteiger partial charge is 0.376 e. The molecule has 0 spiro atoms. The molecule has 1 aliphatic carbocycles. The number of carbonyl (C=O) groups is 1. The number of hydrogen-bond donors (Lipinski definition) is 2. The van der Waals surface area contributed by atoms with E-state index in [1.807, 2.05) is 30.4 Å². The van der Waals surface area contributed by atoms with Crippen molar-refractivity contribution in [1.82, 2.24) is 0 Å². The molecular formula is C21H23ClN2OS. The normalized spacial score (nSPS) is 23.3. The molecule has 2 aromatic rings. The summed E-state index contributed by atoms with van der Waals surface area (Å²) < 4.78 is 0. The minimum atomic E-state index is 0.0616. The molecule has 136 valence electrons. The minimum Gasteiger partial charge on any atom is -0.376 e. The Balaban J connectivity index is 1.76. The molecule has 2 aliphatic rings. The predicted octanol–water partition coefficient (Wildman–Crippen LogP) is 6.28. The molecule has 1 aromatic heterocycles. The van der Waals surface area contributed by atoms with Gasteiger partial charge in [-0.15, -0.1) is 11.3 Å². The van der Waals surface area contributed by atoms with Crippen molar-refractivity contribution in [3.63, 3.8) is 0 Å². The molecule has 2 N–H and O–H groups in total. The third-order valence-corrected chi connectivity index (χ3v) is 6.69. The number of halogens is 1. The van der Waals surface area contributed by atoms with Crippen molar-refractivity contribution in [3.05, 3.63) is 56.8 Å². The molecule has 4 rings (SSSR count). The summed E-state index contributed by atoms with van der Waals surface area (Å²) in [5.74, 6) is 0.779. The molecule has 1 aromatic carbocycles. The van der Waals surface area contributed by atoms with E-state index in [9.17, 15) is 4.79 Å². The fourth-order valence-corrected chi connectivity index (χ4v) is 5.35. The van der Waals surface area contributed by atoms with Gasteiger partial charge in [0.15, 0.2) is 0 Å². The van der Waals surface area contributed by atoms with Gasteiger partial charge in [0.05, 0.1) is 16.8 Å². The molecule has 0 bridgehead atoms. The second-order valence-corrected chi connectivity index (χ2v) is 8.83. The van der Waals surface area contributed by atoms with E-state index < -0.39 is 0 Å². The Morgan fingerprint density at radius 2 is 2.19 bits per heavy atom. The Hall–Kier alpha value is -1.78. The molecule has 0 radical (unpaired) electrons. The third-order valence-electron chi connectivity index (χ3n) is 5.29. The molecule has 2 heterocycles. The molecule has 1 aliphatic heterocycles. The first-order valence-corrected chi connectivity index (χ1v) is 10.4. The van der Waals surface area contributed by atoms with Crippen LogP contribution in [0.2, 0.25) is 5.02 Å². The molecule has 3 atom stereocenters. The molecule has 5 heteroatoms. The highest BCUT2D eigenvalue weighted by atomic mass is 35.5. The third kappa shape index (κ3) is 3.06. The summed E-state index contributed by atoms with van der Waals surface area (Å²) in [6.45, 7) is 4.16. The first kappa shape index (κ1) is 17.6. The average molecular weight is 387 g/mol. The number of benzene rings is 1. The zero-order valence-corrected chi connectivity index (χ0v) is 16.6.